The van der Waals surface area contributed by atoms with Gasteiger partial charge in [0, 0.05) is 24.5 Å². The van der Waals surface area contributed by atoms with E-state index in [0.29, 0.717) is 24.5 Å². The number of likely N-dealkylation sites (N-methyl/N-ethyl adjacent to an activating group) is 1. The number of benzene rings is 1. The average molecular weight is 311 g/mol. The van der Waals surface area contributed by atoms with E-state index in [2.05, 4.69) is 5.32 Å². The SMILES string of the molecule is CCCC(=O)N(Cc1ccccc1Cl)[C@H](C)C(=O)NCC. The van der Waals surface area contributed by atoms with Crippen LogP contribution in [0.15, 0.2) is 24.3 Å². The van der Waals surface area contributed by atoms with Gasteiger partial charge in [-0.1, -0.05) is 36.7 Å². The number of nitrogens with one attached hydrogen (secondary N) is 1. The van der Waals surface area contributed by atoms with E-state index in [1.54, 1.807) is 17.9 Å². The summed E-state index contributed by atoms with van der Waals surface area (Å²) in [4.78, 5) is 25.9. The Morgan fingerprint density at radius 1 is 1.29 bits per heavy atom. The minimum atomic E-state index is -0.514. The van der Waals surface area contributed by atoms with E-state index >= 15 is 0 Å². The molecule has 0 aromatic heterocycles. The summed E-state index contributed by atoms with van der Waals surface area (Å²) in [6.45, 7) is 6.44. The zero-order valence-corrected chi connectivity index (χ0v) is 13.6. The van der Waals surface area contributed by atoms with Gasteiger partial charge in [0.1, 0.15) is 6.04 Å². The van der Waals surface area contributed by atoms with Gasteiger partial charge in [-0.05, 0) is 31.9 Å². The van der Waals surface area contributed by atoms with Crippen LogP contribution < -0.4 is 5.32 Å². The first kappa shape index (κ1) is 17.5. The molecular weight excluding hydrogens is 288 g/mol. The predicted molar refractivity (Wildman–Crippen MR) is 85.1 cm³/mol. The fourth-order valence-electron chi connectivity index (χ4n) is 2.07. The Kier molecular flexibility index (Phi) is 7.23. The third kappa shape index (κ3) is 5.05. The van der Waals surface area contributed by atoms with Gasteiger partial charge in [-0.25, -0.2) is 0 Å². The molecule has 0 bridgehead atoms. The third-order valence-electron chi connectivity index (χ3n) is 3.28. The quantitative estimate of drug-likeness (QED) is 0.841. The van der Waals surface area contributed by atoms with Crippen molar-refractivity contribution in [2.24, 2.45) is 0 Å². The van der Waals surface area contributed by atoms with Gasteiger partial charge in [-0.3, -0.25) is 9.59 Å². The van der Waals surface area contributed by atoms with E-state index in [1.807, 2.05) is 32.0 Å². The van der Waals surface area contributed by atoms with E-state index in [-0.39, 0.29) is 11.8 Å². The van der Waals surface area contributed by atoms with Crippen LogP contribution in [0.25, 0.3) is 0 Å². The number of carbonyl (C=O) groups is 2. The van der Waals surface area contributed by atoms with Crippen molar-refractivity contribution in [3.63, 3.8) is 0 Å². The lowest BCUT2D eigenvalue weighted by atomic mass is 10.1. The number of hydrogen-bond donors (Lipinski definition) is 1. The summed E-state index contributed by atoms with van der Waals surface area (Å²) in [7, 11) is 0. The number of amides is 2. The monoisotopic (exact) mass is 310 g/mol. The van der Waals surface area contributed by atoms with Crippen LogP contribution in [0.2, 0.25) is 5.02 Å². The largest absolute Gasteiger partial charge is 0.355 e. The van der Waals surface area contributed by atoms with Crippen LogP contribution in [0.5, 0.6) is 0 Å². The molecule has 0 unspecified atom stereocenters. The topological polar surface area (TPSA) is 49.4 Å². The summed E-state index contributed by atoms with van der Waals surface area (Å²) >= 11 is 6.16. The van der Waals surface area contributed by atoms with Crippen LogP contribution >= 0.6 is 11.6 Å². The van der Waals surface area contributed by atoms with Crippen LogP contribution in [0, 0.1) is 0 Å². The number of nitrogens with zero attached hydrogens (tertiary/aromatic N) is 1. The van der Waals surface area contributed by atoms with Gasteiger partial charge in [0.2, 0.25) is 11.8 Å². The van der Waals surface area contributed by atoms with Crippen molar-refractivity contribution in [2.45, 2.75) is 46.2 Å². The molecule has 0 saturated heterocycles. The van der Waals surface area contributed by atoms with Crippen LogP contribution in [-0.2, 0) is 16.1 Å². The van der Waals surface area contributed by atoms with Gasteiger partial charge >= 0.3 is 0 Å². The van der Waals surface area contributed by atoms with Crippen molar-refractivity contribution in [3.8, 4) is 0 Å². The molecule has 0 aliphatic heterocycles. The van der Waals surface area contributed by atoms with Crippen molar-refractivity contribution in [3.05, 3.63) is 34.9 Å². The first-order chi connectivity index (χ1) is 10.0. The lowest BCUT2D eigenvalue weighted by Crippen LogP contribution is -2.47. The van der Waals surface area contributed by atoms with Crippen molar-refractivity contribution >= 4 is 23.4 Å². The molecule has 1 aromatic carbocycles. The van der Waals surface area contributed by atoms with E-state index in [0.717, 1.165) is 12.0 Å². The zero-order chi connectivity index (χ0) is 15.8. The van der Waals surface area contributed by atoms with Crippen molar-refractivity contribution < 1.29 is 9.59 Å². The Balaban J connectivity index is 2.94. The normalized spacial score (nSPS) is 11.8. The highest BCUT2D eigenvalue weighted by atomic mass is 35.5. The highest BCUT2D eigenvalue weighted by molar-refractivity contribution is 6.31. The van der Waals surface area contributed by atoms with Gasteiger partial charge in [0.25, 0.3) is 0 Å². The highest BCUT2D eigenvalue weighted by Gasteiger charge is 2.25. The molecule has 1 N–H and O–H groups in total. The maximum Gasteiger partial charge on any atom is 0.242 e. The van der Waals surface area contributed by atoms with Crippen LogP contribution in [0.1, 0.15) is 39.2 Å². The van der Waals surface area contributed by atoms with Gasteiger partial charge in [-0.2, -0.15) is 0 Å². The van der Waals surface area contributed by atoms with Crippen LogP contribution in [0.3, 0.4) is 0 Å². The molecule has 116 valence electrons. The van der Waals surface area contributed by atoms with Gasteiger partial charge in [0.05, 0.1) is 0 Å². The maximum absolute atomic E-state index is 12.3. The molecule has 2 amide bonds. The summed E-state index contributed by atoms with van der Waals surface area (Å²) in [5, 5.41) is 3.36. The van der Waals surface area contributed by atoms with E-state index in [1.165, 1.54) is 0 Å². The smallest absolute Gasteiger partial charge is 0.242 e. The van der Waals surface area contributed by atoms with Crippen molar-refractivity contribution in [1.29, 1.82) is 0 Å². The molecular formula is C16H23ClN2O2. The lowest BCUT2D eigenvalue weighted by Gasteiger charge is -2.29. The zero-order valence-electron chi connectivity index (χ0n) is 12.9. The van der Waals surface area contributed by atoms with E-state index < -0.39 is 6.04 Å². The number of rotatable bonds is 7. The Labute approximate surface area is 131 Å². The predicted octanol–water partition coefficient (Wildman–Crippen LogP) is 2.99. The minimum Gasteiger partial charge on any atom is -0.355 e. The molecule has 5 heteroatoms. The fourth-order valence-corrected chi connectivity index (χ4v) is 2.27. The molecule has 1 rings (SSSR count). The second-order valence-electron chi connectivity index (χ2n) is 4.93. The Hall–Kier alpha value is -1.55. The van der Waals surface area contributed by atoms with Gasteiger partial charge in [0.15, 0.2) is 0 Å². The summed E-state index contributed by atoms with van der Waals surface area (Å²) in [5.41, 5.74) is 0.847. The van der Waals surface area contributed by atoms with Gasteiger partial charge in [-0.15, -0.1) is 0 Å². The molecule has 21 heavy (non-hydrogen) atoms. The standard InChI is InChI=1S/C16H23ClN2O2/c1-4-8-15(20)19(12(3)16(21)18-5-2)11-13-9-6-7-10-14(13)17/h6-7,9-10,12H,4-5,8,11H2,1-3H3,(H,18,21)/t12-/m1/s1. The average Bonchev–Trinajstić information content (AvgIpc) is 2.46. The Morgan fingerprint density at radius 3 is 2.52 bits per heavy atom. The van der Waals surface area contributed by atoms with E-state index in [9.17, 15) is 9.59 Å². The van der Waals surface area contributed by atoms with Crippen LogP contribution in [0.4, 0.5) is 0 Å². The number of hydrogen-bond acceptors (Lipinski definition) is 2. The molecule has 0 aliphatic rings. The molecule has 1 aromatic rings. The summed E-state index contributed by atoms with van der Waals surface area (Å²) in [6, 6.07) is 6.87. The van der Waals surface area contributed by atoms with Crippen molar-refractivity contribution in [2.75, 3.05) is 6.54 Å². The molecule has 0 saturated carbocycles. The van der Waals surface area contributed by atoms with E-state index in [4.69, 9.17) is 11.6 Å². The second-order valence-corrected chi connectivity index (χ2v) is 5.34. The maximum atomic E-state index is 12.3. The molecule has 0 aliphatic carbocycles. The summed E-state index contributed by atoms with van der Waals surface area (Å²) in [6.07, 6.45) is 1.17. The Morgan fingerprint density at radius 2 is 1.95 bits per heavy atom. The second kappa shape index (κ2) is 8.67. The first-order valence-corrected chi connectivity index (χ1v) is 7.69. The lowest BCUT2D eigenvalue weighted by molar-refractivity contribution is -0.140. The Bertz CT molecular complexity index is 491. The van der Waals surface area contributed by atoms with Gasteiger partial charge < -0.3 is 10.2 Å². The molecule has 0 spiro atoms. The summed E-state index contributed by atoms with van der Waals surface area (Å²) in [5.74, 6) is -0.176. The molecule has 0 heterocycles. The first-order valence-electron chi connectivity index (χ1n) is 7.31. The number of halogens is 1. The fraction of sp³-hybridized carbons (Fsp3) is 0.500. The molecule has 4 nitrogen and oxygen atoms in total. The molecule has 0 fully saturated rings. The summed E-state index contributed by atoms with van der Waals surface area (Å²) < 4.78 is 0. The number of carbonyl (C=O) groups excluding carboxylic acids is 2. The molecule has 1 atom stereocenters. The third-order valence-corrected chi connectivity index (χ3v) is 3.65. The van der Waals surface area contributed by atoms with Crippen LogP contribution in [-0.4, -0.2) is 29.3 Å². The minimum absolute atomic E-state index is 0.0313. The highest BCUT2D eigenvalue weighted by Crippen LogP contribution is 2.19. The van der Waals surface area contributed by atoms with Crippen molar-refractivity contribution in [1.82, 2.24) is 10.2 Å². The molecule has 0 radical (unpaired) electrons.